The van der Waals surface area contributed by atoms with E-state index in [1.54, 1.807) is 18.5 Å². The number of carbonyl (C=O) groups excluding carboxylic acids is 1. The van der Waals surface area contributed by atoms with Crippen LogP contribution in [0.5, 0.6) is 0 Å². The second kappa shape index (κ2) is 8.61. The Labute approximate surface area is 178 Å². The molecule has 2 aromatic rings. The number of rotatable bonds is 5. The number of fused-ring (bicyclic) bond motifs is 1. The summed E-state index contributed by atoms with van der Waals surface area (Å²) in [5.41, 5.74) is 1.43. The predicted molar refractivity (Wildman–Crippen MR) is 113 cm³/mol. The fourth-order valence-corrected chi connectivity index (χ4v) is 3.74. The van der Waals surface area contributed by atoms with Gasteiger partial charge in [0.25, 0.3) is 0 Å². The third-order valence-corrected chi connectivity index (χ3v) is 5.37. The Balaban J connectivity index is 1.47. The number of carbonyl (C=O) groups is 1. The SMILES string of the molecule is CC(C)C(=O)N1CCOCC1CNC1=C(F)CN=C(c2c[nH]c3ncc(Cl)cc23)N1. The van der Waals surface area contributed by atoms with Crippen LogP contribution in [-0.4, -0.2) is 65.5 Å². The normalized spacial score (nSPS) is 19.8. The predicted octanol–water partition coefficient (Wildman–Crippen LogP) is 2.18. The fourth-order valence-electron chi connectivity index (χ4n) is 3.59. The van der Waals surface area contributed by atoms with Gasteiger partial charge in [-0.05, 0) is 6.07 Å². The molecule has 4 rings (SSSR count). The van der Waals surface area contributed by atoms with Crippen molar-refractivity contribution in [3.63, 3.8) is 0 Å². The van der Waals surface area contributed by atoms with Crippen LogP contribution in [-0.2, 0) is 9.53 Å². The Morgan fingerprint density at radius 1 is 1.50 bits per heavy atom. The number of amides is 1. The van der Waals surface area contributed by atoms with Gasteiger partial charge in [-0.3, -0.25) is 9.79 Å². The Morgan fingerprint density at radius 3 is 3.13 bits per heavy atom. The molecule has 0 aliphatic carbocycles. The lowest BCUT2D eigenvalue weighted by Crippen LogP contribution is -2.54. The number of aromatic nitrogens is 2. The highest BCUT2D eigenvalue weighted by atomic mass is 35.5. The monoisotopic (exact) mass is 434 g/mol. The summed E-state index contributed by atoms with van der Waals surface area (Å²) >= 11 is 6.07. The van der Waals surface area contributed by atoms with Crippen molar-refractivity contribution in [2.45, 2.75) is 19.9 Å². The second-order valence-electron chi connectivity index (χ2n) is 7.62. The highest BCUT2D eigenvalue weighted by Gasteiger charge is 2.29. The van der Waals surface area contributed by atoms with Gasteiger partial charge in [0.15, 0.2) is 5.83 Å². The summed E-state index contributed by atoms with van der Waals surface area (Å²) in [4.78, 5) is 25.9. The first-order valence-electron chi connectivity index (χ1n) is 9.89. The molecular weight excluding hydrogens is 411 g/mol. The molecule has 30 heavy (non-hydrogen) atoms. The van der Waals surface area contributed by atoms with Crippen molar-refractivity contribution >= 4 is 34.4 Å². The molecule has 2 aromatic heterocycles. The Kier molecular flexibility index (Phi) is 5.92. The maximum atomic E-state index is 14.5. The molecule has 160 valence electrons. The molecule has 0 aromatic carbocycles. The van der Waals surface area contributed by atoms with Crippen molar-refractivity contribution in [3.05, 3.63) is 40.7 Å². The van der Waals surface area contributed by atoms with E-state index < -0.39 is 5.83 Å². The molecule has 0 saturated carbocycles. The first-order chi connectivity index (χ1) is 14.4. The molecule has 3 N–H and O–H groups in total. The smallest absolute Gasteiger partial charge is 0.225 e. The lowest BCUT2D eigenvalue weighted by Gasteiger charge is -2.37. The van der Waals surface area contributed by atoms with Gasteiger partial charge < -0.3 is 25.3 Å². The summed E-state index contributed by atoms with van der Waals surface area (Å²) in [6.07, 6.45) is 3.32. The van der Waals surface area contributed by atoms with Gasteiger partial charge in [0.2, 0.25) is 5.91 Å². The highest BCUT2D eigenvalue weighted by Crippen LogP contribution is 2.22. The first-order valence-corrected chi connectivity index (χ1v) is 10.3. The summed E-state index contributed by atoms with van der Waals surface area (Å²) in [6, 6.07) is 1.62. The topological polar surface area (TPSA) is 94.6 Å². The summed E-state index contributed by atoms with van der Waals surface area (Å²) in [5.74, 6) is 0.335. The van der Waals surface area contributed by atoms with E-state index in [2.05, 4.69) is 25.6 Å². The lowest BCUT2D eigenvalue weighted by atomic mass is 10.1. The Bertz CT molecular complexity index is 1020. The van der Waals surface area contributed by atoms with Crippen molar-refractivity contribution < 1.29 is 13.9 Å². The van der Waals surface area contributed by atoms with Crippen LogP contribution in [0.4, 0.5) is 4.39 Å². The van der Waals surface area contributed by atoms with E-state index in [0.29, 0.717) is 42.8 Å². The Hall–Kier alpha value is -2.65. The number of amidine groups is 1. The lowest BCUT2D eigenvalue weighted by molar-refractivity contribution is -0.143. The third kappa shape index (κ3) is 4.13. The van der Waals surface area contributed by atoms with Crippen LogP contribution in [0.25, 0.3) is 11.0 Å². The number of hydrogen-bond donors (Lipinski definition) is 3. The van der Waals surface area contributed by atoms with E-state index in [9.17, 15) is 9.18 Å². The number of halogens is 2. The molecule has 10 heteroatoms. The quantitative estimate of drug-likeness (QED) is 0.670. The van der Waals surface area contributed by atoms with Crippen molar-refractivity contribution in [1.29, 1.82) is 0 Å². The minimum atomic E-state index is -0.395. The number of nitrogens with zero attached hydrogens (tertiary/aromatic N) is 3. The number of aromatic amines is 1. The zero-order valence-electron chi connectivity index (χ0n) is 16.8. The van der Waals surface area contributed by atoms with Gasteiger partial charge in [-0.1, -0.05) is 25.4 Å². The number of pyridine rings is 1. The summed E-state index contributed by atoms with van der Waals surface area (Å²) in [5, 5.41) is 7.44. The Morgan fingerprint density at radius 2 is 2.33 bits per heavy atom. The maximum absolute atomic E-state index is 14.5. The van der Waals surface area contributed by atoms with Crippen LogP contribution < -0.4 is 10.6 Å². The first kappa shape index (κ1) is 20.6. The van der Waals surface area contributed by atoms with Crippen LogP contribution in [0.15, 0.2) is 35.1 Å². The number of H-pyrrole nitrogens is 1. The molecule has 0 radical (unpaired) electrons. The average molecular weight is 435 g/mol. The number of aliphatic imine (C=N–C) groups is 1. The van der Waals surface area contributed by atoms with Crippen LogP contribution in [0, 0.1) is 5.92 Å². The summed E-state index contributed by atoms with van der Waals surface area (Å²) < 4.78 is 20.0. The van der Waals surface area contributed by atoms with Crippen LogP contribution in [0.2, 0.25) is 5.02 Å². The van der Waals surface area contributed by atoms with E-state index in [-0.39, 0.29) is 30.2 Å². The number of hydrogen-bond acceptors (Lipinski definition) is 6. The van der Waals surface area contributed by atoms with Gasteiger partial charge in [0, 0.05) is 42.4 Å². The molecule has 2 aliphatic heterocycles. The van der Waals surface area contributed by atoms with Crippen molar-refractivity contribution in [2.75, 3.05) is 32.8 Å². The molecule has 1 saturated heterocycles. The van der Waals surface area contributed by atoms with Gasteiger partial charge in [-0.2, -0.15) is 0 Å². The van der Waals surface area contributed by atoms with Crippen molar-refractivity contribution in [1.82, 2.24) is 25.5 Å². The largest absolute Gasteiger partial charge is 0.377 e. The van der Waals surface area contributed by atoms with Crippen LogP contribution in [0.1, 0.15) is 19.4 Å². The molecule has 1 fully saturated rings. The van der Waals surface area contributed by atoms with Crippen molar-refractivity contribution in [3.8, 4) is 0 Å². The van der Waals surface area contributed by atoms with E-state index in [1.165, 1.54) is 0 Å². The molecule has 4 heterocycles. The second-order valence-corrected chi connectivity index (χ2v) is 8.05. The number of ether oxygens (including phenoxy) is 1. The fraction of sp³-hybridized carbons (Fsp3) is 0.450. The summed E-state index contributed by atoms with van der Waals surface area (Å²) in [6.45, 7) is 5.49. The minimum Gasteiger partial charge on any atom is -0.377 e. The van der Waals surface area contributed by atoms with E-state index in [4.69, 9.17) is 16.3 Å². The molecule has 8 nitrogen and oxygen atoms in total. The van der Waals surface area contributed by atoms with Crippen molar-refractivity contribution in [2.24, 2.45) is 10.9 Å². The number of morpholine rings is 1. The third-order valence-electron chi connectivity index (χ3n) is 5.16. The maximum Gasteiger partial charge on any atom is 0.225 e. The van der Waals surface area contributed by atoms with Crippen LogP contribution in [0.3, 0.4) is 0 Å². The minimum absolute atomic E-state index is 0.0709. The molecule has 1 unspecified atom stereocenters. The molecular formula is C20H24ClFN6O2. The number of nitrogens with one attached hydrogen (secondary N) is 3. The van der Waals surface area contributed by atoms with Gasteiger partial charge in [0.1, 0.15) is 17.3 Å². The van der Waals surface area contributed by atoms with Gasteiger partial charge in [-0.25, -0.2) is 9.37 Å². The zero-order chi connectivity index (χ0) is 21.3. The zero-order valence-corrected chi connectivity index (χ0v) is 17.6. The molecule has 1 atom stereocenters. The van der Waals surface area contributed by atoms with Crippen LogP contribution >= 0.6 is 11.6 Å². The van der Waals surface area contributed by atoms with E-state index in [1.807, 2.05) is 18.7 Å². The average Bonchev–Trinajstić information content (AvgIpc) is 3.16. The molecule has 1 amide bonds. The standard InChI is InChI=1S/C20H24ClFN6O2/c1-11(2)20(29)28-3-4-30-10-13(28)7-24-19-16(22)9-26-18(27-19)15-8-25-17-14(15)5-12(21)6-23-17/h5-6,8,11,13,24H,3-4,7,9-10H2,1-2H3,(H,23,25)(H,26,27). The highest BCUT2D eigenvalue weighted by molar-refractivity contribution is 6.31. The van der Waals surface area contributed by atoms with Gasteiger partial charge in [-0.15, -0.1) is 0 Å². The molecule has 0 spiro atoms. The summed E-state index contributed by atoms with van der Waals surface area (Å²) in [7, 11) is 0. The van der Waals surface area contributed by atoms with Gasteiger partial charge >= 0.3 is 0 Å². The van der Waals surface area contributed by atoms with Gasteiger partial charge in [0.05, 0.1) is 30.8 Å². The van der Waals surface area contributed by atoms with E-state index >= 15 is 0 Å². The molecule has 0 bridgehead atoms. The molecule has 2 aliphatic rings. The van der Waals surface area contributed by atoms with E-state index in [0.717, 1.165) is 10.9 Å².